The van der Waals surface area contributed by atoms with Gasteiger partial charge in [0.05, 0.1) is 21.3 Å². The van der Waals surface area contributed by atoms with Gasteiger partial charge in [0, 0.05) is 0 Å². The van der Waals surface area contributed by atoms with Crippen LogP contribution in [0.15, 0.2) is 39.8 Å². The summed E-state index contributed by atoms with van der Waals surface area (Å²) in [7, 11) is -3.85. The second-order valence-corrected chi connectivity index (χ2v) is 6.62. The Bertz CT molecular complexity index is 765. The van der Waals surface area contributed by atoms with Gasteiger partial charge >= 0.3 is 0 Å². The number of hydrogen-bond acceptors (Lipinski definition) is 4. The average molecular weight is 360 g/mol. The number of aryl methyl sites for hydroxylation is 1. The molecule has 2 aromatic rings. The second-order valence-electron chi connectivity index (χ2n) is 4.11. The molecule has 3 N–H and O–H groups in total. The number of nitrogens with one attached hydrogen (secondary N) is 1. The Morgan fingerprint density at radius 2 is 2.05 bits per heavy atom. The first-order valence-electron chi connectivity index (χ1n) is 5.49. The first-order valence-corrected chi connectivity index (χ1v) is 7.77. The molecular weight excluding hydrogens is 349 g/mol. The molecule has 0 fully saturated rings. The lowest BCUT2D eigenvalue weighted by atomic mass is 10.2. The number of nitrogens with zero attached hydrogens (tertiary/aromatic N) is 1. The second kappa shape index (κ2) is 5.37. The summed E-state index contributed by atoms with van der Waals surface area (Å²) in [4.78, 5) is 3.89. The normalized spacial score (nSPS) is 11.3. The standard InChI is InChI=1S/C12H11BrFN3O2S/c1-7-4-8(14)2-3-11(7)20(18,19)17-12-10(13)5-9(15)6-16-12/h2-6H,15H2,1H3,(H,16,17). The molecule has 8 heteroatoms. The molecule has 1 aromatic heterocycles. The number of benzene rings is 1. The Morgan fingerprint density at radius 1 is 1.35 bits per heavy atom. The number of nitrogens with two attached hydrogens (primary N) is 1. The van der Waals surface area contributed by atoms with Crippen LogP contribution in [0.4, 0.5) is 15.9 Å². The maximum Gasteiger partial charge on any atom is 0.263 e. The summed E-state index contributed by atoms with van der Waals surface area (Å²) < 4.78 is 40.3. The van der Waals surface area contributed by atoms with Crippen molar-refractivity contribution in [1.82, 2.24) is 4.98 Å². The Morgan fingerprint density at radius 3 is 2.65 bits per heavy atom. The number of pyridine rings is 1. The first-order chi connectivity index (χ1) is 9.29. The van der Waals surface area contributed by atoms with Gasteiger partial charge in [0.2, 0.25) is 0 Å². The molecule has 0 saturated heterocycles. The maximum atomic E-state index is 13.0. The number of sulfonamides is 1. The molecule has 0 spiro atoms. The predicted molar refractivity (Wildman–Crippen MR) is 78.3 cm³/mol. The van der Waals surface area contributed by atoms with Crippen LogP contribution in [0.3, 0.4) is 0 Å². The van der Waals surface area contributed by atoms with Gasteiger partial charge in [0.1, 0.15) is 5.82 Å². The minimum Gasteiger partial charge on any atom is -0.397 e. The molecule has 0 aliphatic heterocycles. The van der Waals surface area contributed by atoms with Crippen LogP contribution in [0.25, 0.3) is 0 Å². The highest BCUT2D eigenvalue weighted by Crippen LogP contribution is 2.25. The molecule has 0 bridgehead atoms. The van der Waals surface area contributed by atoms with Gasteiger partial charge in [-0.1, -0.05) is 0 Å². The lowest BCUT2D eigenvalue weighted by molar-refractivity contribution is 0.598. The minimum absolute atomic E-state index is 0.00979. The SMILES string of the molecule is Cc1cc(F)ccc1S(=O)(=O)Nc1ncc(N)cc1Br. The van der Waals surface area contributed by atoms with Gasteiger partial charge in [-0.25, -0.2) is 17.8 Å². The number of halogens is 2. The molecular formula is C12H11BrFN3O2S. The van der Waals surface area contributed by atoms with Gasteiger partial charge in [-0.05, 0) is 52.7 Å². The van der Waals surface area contributed by atoms with Crippen LogP contribution in [0, 0.1) is 12.7 Å². The van der Waals surface area contributed by atoms with Crippen LogP contribution in [0.5, 0.6) is 0 Å². The highest BCUT2D eigenvalue weighted by Gasteiger charge is 2.19. The van der Waals surface area contributed by atoms with E-state index in [0.717, 1.165) is 12.1 Å². The zero-order valence-corrected chi connectivity index (χ0v) is 12.8. The van der Waals surface area contributed by atoms with Gasteiger partial charge in [-0.2, -0.15) is 0 Å². The monoisotopic (exact) mass is 359 g/mol. The highest BCUT2D eigenvalue weighted by molar-refractivity contribution is 9.10. The number of nitrogen functional groups attached to an aromatic ring is 1. The minimum atomic E-state index is -3.85. The largest absolute Gasteiger partial charge is 0.397 e. The number of rotatable bonds is 3. The van der Waals surface area contributed by atoms with Crippen LogP contribution in [0.2, 0.25) is 0 Å². The molecule has 0 atom stereocenters. The van der Waals surface area contributed by atoms with E-state index in [1.807, 2.05) is 0 Å². The van der Waals surface area contributed by atoms with Crippen molar-refractivity contribution >= 4 is 37.5 Å². The van der Waals surface area contributed by atoms with Crippen LogP contribution < -0.4 is 10.5 Å². The average Bonchev–Trinajstić information content (AvgIpc) is 2.32. The van der Waals surface area contributed by atoms with Crippen molar-refractivity contribution in [3.63, 3.8) is 0 Å². The quantitative estimate of drug-likeness (QED) is 0.881. The van der Waals surface area contributed by atoms with E-state index in [4.69, 9.17) is 5.73 Å². The smallest absolute Gasteiger partial charge is 0.263 e. The van der Waals surface area contributed by atoms with Crippen LogP contribution in [0.1, 0.15) is 5.56 Å². The highest BCUT2D eigenvalue weighted by atomic mass is 79.9. The van der Waals surface area contributed by atoms with Crippen LogP contribution in [-0.2, 0) is 10.0 Å². The summed E-state index contributed by atoms with van der Waals surface area (Å²) in [5, 5.41) is 0. The van der Waals surface area contributed by atoms with Gasteiger partial charge in [-0.3, -0.25) is 4.72 Å². The molecule has 2 rings (SSSR count). The summed E-state index contributed by atoms with van der Waals surface area (Å²) in [6, 6.07) is 4.98. The molecule has 1 aromatic carbocycles. The molecule has 106 valence electrons. The molecule has 0 aliphatic rings. The van der Waals surface area contributed by atoms with Crippen molar-refractivity contribution in [3.8, 4) is 0 Å². The Labute approximate surface area is 124 Å². The van der Waals surface area contributed by atoms with Crippen molar-refractivity contribution < 1.29 is 12.8 Å². The predicted octanol–water partition coefficient (Wildman–Crippen LogP) is 2.67. The van der Waals surface area contributed by atoms with E-state index in [-0.39, 0.29) is 10.7 Å². The third-order valence-corrected chi connectivity index (χ3v) is 4.62. The van der Waals surface area contributed by atoms with E-state index in [1.165, 1.54) is 25.3 Å². The van der Waals surface area contributed by atoms with Crippen LogP contribution in [-0.4, -0.2) is 13.4 Å². The van der Waals surface area contributed by atoms with E-state index in [1.54, 1.807) is 0 Å². The Kier molecular flexibility index (Phi) is 3.96. The van der Waals surface area contributed by atoms with E-state index in [9.17, 15) is 12.8 Å². The molecule has 0 saturated carbocycles. The van der Waals surface area contributed by atoms with Crippen molar-refractivity contribution in [3.05, 3.63) is 46.3 Å². The number of aromatic nitrogens is 1. The lowest BCUT2D eigenvalue weighted by Crippen LogP contribution is -2.15. The maximum absolute atomic E-state index is 13.0. The summed E-state index contributed by atoms with van der Waals surface area (Å²) in [5.41, 5.74) is 6.24. The van der Waals surface area contributed by atoms with Gasteiger partial charge in [-0.15, -0.1) is 0 Å². The summed E-state index contributed by atoms with van der Waals surface area (Å²) >= 11 is 3.17. The summed E-state index contributed by atoms with van der Waals surface area (Å²) in [5.74, 6) is -0.379. The molecule has 1 heterocycles. The number of anilines is 2. The summed E-state index contributed by atoms with van der Waals surface area (Å²) in [6.07, 6.45) is 1.33. The number of hydrogen-bond donors (Lipinski definition) is 2. The molecule has 0 unspecified atom stereocenters. The molecule has 0 amide bonds. The third kappa shape index (κ3) is 3.07. The van der Waals surface area contributed by atoms with Crippen molar-refractivity contribution in [2.24, 2.45) is 0 Å². The van der Waals surface area contributed by atoms with E-state index in [0.29, 0.717) is 15.7 Å². The van der Waals surface area contributed by atoms with E-state index in [2.05, 4.69) is 25.6 Å². The third-order valence-electron chi connectivity index (χ3n) is 2.52. The Hall–Kier alpha value is -1.67. The van der Waals surface area contributed by atoms with Crippen LogP contribution >= 0.6 is 15.9 Å². The van der Waals surface area contributed by atoms with Gasteiger partial charge in [0.15, 0.2) is 5.82 Å². The zero-order valence-electron chi connectivity index (χ0n) is 10.4. The van der Waals surface area contributed by atoms with Crippen molar-refractivity contribution in [2.75, 3.05) is 10.5 Å². The van der Waals surface area contributed by atoms with Gasteiger partial charge in [0.25, 0.3) is 10.0 Å². The lowest BCUT2D eigenvalue weighted by Gasteiger charge is -2.11. The fourth-order valence-corrected chi connectivity index (χ4v) is 3.48. The zero-order chi connectivity index (χ0) is 14.9. The molecule has 0 aliphatic carbocycles. The fraction of sp³-hybridized carbons (Fsp3) is 0.0833. The first kappa shape index (κ1) is 14.7. The van der Waals surface area contributed by atoms with Crippen molar-refractivity contribution in [2.45, 2.75) is 11.8 Å². The Balaban J connectivity index is 2.41. The van der Waals surface area contributed by atoms with E-state index >= 15 is 0 Å². The van der Waals surface area contributed by atoms with Crippen molar-refractivity contribution in [1.29, 1.82) is 0 Å². The van der Waals surface area contributed by atoms with Gasteiger partial charge < -0.3 is 5.73 Å². The summed E-state index contributed by atoms with van der Waals surface area (Å²) in [6.45, 7) is 1.52. The fourth-order valence-electron chi connectivity index (χ4n) is 1.62. The molecule has 5 nitrogen and oxygen atoms in total. The van der Waals surface area contributed by atoms with E-state index < -0.39 is 15.8 Å². The molecule has 0 radical (unpaired) electrons. The topological polar surface area (TPSA) is 85.1 Å². The molecule has 20 heavy (non-hydrogen) atoms.